The topological polar surface area (TPSA) is 75.9 Å². The van der Waals surface area contributed by atoms with Crippen LogP contribution in [0.4, 0.5) is 13.2 Å². The lowest BCUT2D eigenvalue weighted by molar-refractivity contribution is -0.148. The second-order valence-electron chi connectivity index (χ2n) is 7.26. The molecule has 1 aromatic carbocycles. The van der Waals surface area contributed by atoms with Gasteiger partial charge in [-0.05, 0) is 31.0 Å². The Morgan fingerprint density at radius 2 is 1.68 bits per heavy atom. The minimum absolute atomic E-state index is 0.00235. The fourth-order valence-corrected chi connectivity index (χ4v) is 3.73. The van der Waals surface area contributed by atoms with Gasteiger partial charge in [0.05, 0.1) is 11.0 Å². The highest BCUT2D eigenvalue weighted by Crippen LogP contribution is 2.32. The molecule has 2 heterocycles. The lowest BCUT2D eigenvalue weighted by Gasteiger charge is -2.42. The molecule has 9 heteroatoms. The van der Waals surface area contributed by atoms with Gasteiger partial charge in [0.1, 0.15) is 0 Å². The summed E-state index contributed by atoms with van der Waals surface area (Å²) < 4.78 is 44.0. The van der Waals surface area contributed by atoms with Crippen LogP contribution in [0.25, 0.3) is 0 Å². The van der Waals surface area contributed by atoms with Gasteiger partial charge in [-0.15, -0.1) is 0 Å². The highest BCUT2D eigenvalue weighted by atomic mass is 19.4. The Hall–Kier alpha value is -2.13. The van der Waals surface area contributed by atoms with Crippen molar-refractivity contribution < 1.29 is 27.5 Å². The maximum Gasteiger partial charge on any atom is 0.416 e. The van der Waals surface area contributed by atoms with Crippen molar-refractivity contribution in [3.63, 3.8) is 0 Å². The van der Waals surface area contributed by atoms with Gasteiger partial charge < -0.3 is 20.3 Å². The molecular weight excluding hydrogens is 375 g/mol. The number of alkyl halides is 3. The first kappa shape index (κ1) is 20.6. The maximum absolute atomic E-state index is 13.0. The largest absolute Gasteiger partial charge is 0.416 e. The molecule has 3 rings (SSSR count). The predicted molar refractivity (Wildman–Crippen MR) is 95.5 cm³/mol. The van der Waals surface area contributed by atoms with Crippen molar-refractivity contribution in [3.05, 3.63) is 35.4 Å². The predicted octanol–water partition coefficient (Wildman–Crippen LogP) is 1.75. The van der Waals surface area contributed by atoms with Gasteiger partial charge in [0.2, 0.25) is 5.91 Å². The van der Waals surface area contributed by atoms with Crippen LogP contribution < -0.4 is 5.73 Å². The zero-order chi connectivity index (χ0) is 20.4. The van der Waals surface area contributed by atoms with Crippen LogP contribution in [0, 0.1) is 5.41 Å². The second kappa shape index (κ2) is 8.08. The lowest BCUT2D eigenvalue weighted by atomic mass is 9.78. The van der Waals surface area contributed by atoms with Gasteiger partial charge in [0, 0.05) is 51.5 Å². The molecule has 2 fully saturated rings. The first-order chi connectivity index (χ1) is 13.3. The number of carbonyl (C=O) groups is 2. The van der Waals surface area contributed by atoms with E-state index in [9.17, 15) is 22.8 Å². The molecule has 0 aromatic heterocycles. The Bertz CT molecular complexity index is 725. The summed E-state index contributed by atoms with van der Waals surface area (Å²) in [6.07, 6.45) is -3.35. The molecule has 0 atom stereocenters. The van der Waals surface area contributed by atoms with Crippen molar-refractivity contribution in [1.82, 2.24) is 9.80 Å². The van der Waals surface area contributed by atoms with Crippen LogP contribution in [0.5, 0.6) is 0 Å². The van der Waals surface area contributed by atoms with E-state index >= 15 is 0 Å². The first-order valence-electron chi connectivity index (χ1n) is 9.30. The lowest BCUT2D eigenvalue weighted by Crippen LogP contribution is -2.57. The molecule has 28 heavy (non-hydrogen) atoms. The number of nitrogens with zero attached hydrogens (tertiary/aromatic N) is 2. The summed E-state index contributed by atoms with van der Waals surface area (Å²) in [5.41, 5.74) is 4.41. The summed E-state index contributed by atoms with van der Waals surface area (Å²) in [5, 5.41) is 0. The summed E-state index contributed by atoms with van der Waals surface area (Å²) in [6, 6.07) is 4.41. The first-order valence-corrected chi connectivity index (χ1v) is 9.30. The quantitative estimate of drug-likeness (QED) is 0.840. The Morgan fingerprint density at radius 1 is 1.07 bits per heavy atom. The van der Waals surface area contributed by atoms with E-state index in [-0.39, 0.29) is 31.1 Å². The third kappa shape index (κ3) is 4.15. The fourth-order valence-electron chi connectivity index (χ4n) is 3.73. The smallest absolute Gasteiger partial charge is 0.381 e. The van der Waals surface area contributed by atoms with Crippen LogP contribution in [0.15, 0.2) is 24.3 Å². The van der Waals surface area contributed by atoms with Crippen LogP contribution in [0.3, 0.4) is 0 Å². The highest BCUT2D eigenvalue weighted by molar-refractivity contribution is 5.94. The summed E-state index contributed by atoms with van der Waals surface area (Å²) in [5.74, 6) is -0.484. The van der Waals surface area contributed by atoms with E-state index in [1.54, 1.807) is 4.90 Å². The number of carbonyl (C=O) groups excluding carboxylic acids is 2. The number of amides is 2. The highest BCUT2D eigenvalue weighted by Gasteiger charge is 2.42. The van der Waals surface area contributed by atoms with Crippen LogP contribution in [-0.4, -0.2) is 67.6 Å². The fraction of sp³-hybridized carbons (Fsp3) is 0.579. The van der Waals surface area contributed by atoms with Crippen LogP contribution in [-0.2, 0) is 15.7 Å². The molecule has 0 unspecified atom stereocenters. The number of piperazine rings is 1. The average Bonchev–Trinajstić information content (AvgIpc) is 2.73. The van der Waals surface area contributed by atoms with Crippen molar-refractivity contribution >= 4 is 11.8 Å². The Kier molecular flexibility index (Phi) is 5.95. The number of benzene rings is 1. The molecule has 154 valence electrons. The van der Waals surface area contributed by atoms with Crippen LogP contribution in [0.2, 0.25) is 0 Å². The summed E-state index contributed by atoms with van der Waals surface area (Å²) >= 11 is 0. The summed E-state index contributed by atoms with van der Waals surface area (Å²) in [4.78, 5) is 28.8. The molecule has 2 saturated heterocycles. The van der Waals surface area contributed by atoms with Crippen molar-refractivity contribution in [3.8, 4) is 0 Å². The van der Waals surface area contributed by atoms with E-state index < -0.39 is 23.1 Å². The molecule has 1 aromatic rings. The van der Waals surface area contributed by atoms with Crippen molar-refractivity contribution in [1.29, 1.82) is 0 Å². The Balaban J connectivity index is 1.64. The van der Waals surface area contributed by atoms with Gasteiger partial charge in [0.25, 0.3) is 5.91 Å². The van der Waals surface area contributed by atoms with Gasteiger partial charge in [0.15, 0.2) is 0 Å². The zero-order valence-electron chi connectivity index (χ0n) is 15.5. The van der Waals surface area contributed by atoms with E-state index in [4.69, 9.17) is 10.5 Å². The number of ether oxygens (including phenoxy) is 1. The maximum atomic E-state index is 13.0. The number of nitrogens with two attached hydrogens (primary N) is 1. The third-order valence-corrected chi connectivity index (χ3v) is 5.59. The van der Waals surface area contributed by atoms with E-state index in [0.717, 1.165) is 12.1 Å². The molecule has 0 aliphatic carbocycles. The third-order valence-electron chi connectivity index (χ3n) is 5.59. The van der Waals surface area contributed by atoms with E-state index in [1.807, 2.05) is 0 Å². The van der Waals surface area contributed by atoms with E-state index in [0.29, 0.717) is 39.1 Å². The van der Waals surface area contributed by atoms with Crippen molar-refractivity contribution in [2.24, 2.45) is 11.1 Å². The van der Waals surface area contributed by atoms with E-state index in [1.165, 1.54) is 17.0 Å². The molecular formula is C19H24F3N3O3. The van der Waals surface area contributed by atoms with Gasteiger partial charge in [-0.2, -0.15) is 13.2 Å². The number of halogens is 3. The van der Waals surface area contributed by atoms with Gasteiger partial charge in [-0.1, -0.05) is 6.07 Å². The monoisotopic (exact) mass is 399 g/mol. The van der Waals surface area contributed by atoms with Crippen molar-refractivity contribution in [2.45, 2.75) is 19.0 Å². The average molecular weight is 399 g/mol. The molecule has 2 amide bonds. The number of hydrogen-bond donors (Lipinski definition) is 1. The minimum atomic E-state index is -4.50. The molecule has 2 N–H and O–H groups in total. The van der Waals surface area contributed by atoms with E-state index in [2.05, 4.69) is 0 Å². The summed E-state index contributed by atoms with van der Waals surface area (Å²) in [7, 11) is 0. The van der Waals surface area contributed by atoms with Crippen LogP contribution in [0.1, 0.15) is 28.8 Å². The number of rotatable bonds is 3. The van der Waals surface area contributed by atoms with Crippen LogP contribution >= 0.6 is 0 Å². The SMILES string of the molecule is NCC1(C(=O)N2CCN(C(=O)c3cccc(C(F)(F)F)c3)CC2)CCOCC1. The molecule has 2 aliphatic heterocycles. The molecule has 0 radical (unpaired) electrons. The standard InChI is InChI=1S/C19H24F3N3O3/c20-19(21,22)15-3-1-2-14(12-15)16(26)24-6-8-25(9-7-24)17(27)18(13-23)4-10-28-11-5-18/h1-3,12H,4-11,13,23H2. The second-order valence-corrected chi connectivity index (χ2v) is 7.26. The molecule has 0 saturated carbocycles. The molecule has 0 spiro atoms. The van der Waals surface area contributed by atoms with Gasteiger partial charge >= 0.3 is 6.18 Å². The zero-order valence-corrected chi connectivity index (χ0v) is 15.5. The molecule has 6 nitrogen and oxygen atoms in total. The normalized spacial score (nSPS) is 20.1. The Labute approximate surface area is 161 Å². The molecule has 0 bridgehead atoms. The van der Waals surface area contributed by atoms with Crippen molar-refractivity contribution in [2.75, 3.05) is 45.9 Å². The van der Waals surface area contributed by atoms with Gasteiger partial charge in [-0.3, -0.25) is 9.59 Å². The number of hydrogen-bond acceptors (Lipinski definition) is 4. The van der Waals surface area contributed by atoms with Gasteiger partial charge in [-0.25, -0.2) is 0 Å². The summed E-state index contributed by atoms with van der Waals surface area (Å²) in [6.45, 7) is 2.47. The minimum Gasteiger partial charge on any atom is -0.381 e. The molecule has 2 aliphatic rings. The Morgan fingerprint density at radius 3 is 2.25 bits per heavy atom.